The lowest BCUT2D eigenvalue weighted by atomic mass is 9.96. The summed E-state index contributed by atoms with van der Waals surface area (Å²) >= 11 is 0. The summed E-state index contributed by atoms with van der Waals surface area (Å²) in [4.78, 5) is 23.1. The Labute approximate surface area is 181 Å². The molecule has 7 nitrogen and oxygen atoms in total. The number of nitrogens with one attached hydrogen (secondary N) is 2. The first-order valence-electron chi connectivity index (χ1n) is 10.8. The summed E-state index contributed by atoms with van der Waals surface area (Å²) in [6.07, 6.45) is 4.72. The second-order valence-electron chi connectivity index (χ2n) is 8.13. The third-order valence-electron chi connectivity index (χ3n) is 6.27. The number of nitriles is 1. The molecule has 4 aromatic rings. The molecule has 4 heterocycles. The quantitative estimate of drug-likeness (QED) is 0.516. The number of H-pyrrole nitrogens is 2. The van der Waals surface area contributed by atoms with Crippen molar-refractivity contribution in [3.63, 3.8) is 0 Å². The van der Waals surface area contributed by atoms with Crippen molar-refractivity contribution in [1.29, 1.82) is 5.26 Å². The summed E-state index contributed by atoms with van der Waals surface area (Å²) in [7, 11) is 0. The van der Waals surface area contributed by atoms with Crippen molar-refractivity contribution in [1.82, 2.24) is 24.9 Å². The van der Waals surface area contributed by atoms with E-state index in [9.17, 15) is 0 Å². The molecule has 0 radical (unpaired) electrons. The van der Waals surface area contributed by atoms with Crippen molar-refractivity contribution in [2.75, 3.05) is 18.0 Å². The fourth-order valence-electron chi connectivity index (χ4n) is 4.48. The standard InChI is InChI=1S/C24H25N7/c1-3-20-15(2)28-22(29-20)18-8-10-31(11-9-18)24-19-12-21(30-23(19)26-14-27-24)17-6-4-16(13-25)5-7-17/h4-7,12,14,18H,3,8-11H2,1-2H3,(H,28,29)(H,26,27,30). The van der Waals surface area contributed by atoms with Crippen LogP contribution in [0.15, 0.2) is 36.7 Å². The van der Waals surface area contributed by atoms with Crippen LogP contribution >= 0.6 is 0 Å². The summed E-state index contributed by atoms with van der Waals surface area (Å²) < 4.78 is 0. The van der Waals surface area contributed by atoms with Crippen LogP contribution in [0.2, 0.25) is 0 Å². The summed E-state index contributed by atoms with van der Waals surface area (Å²) in [5.74, 6) is 2.57. The van der Waals surface area contributed by atoms with Crippen molar-refractivity contribution < 1.29 is 0 Å². The van der Waals surface area contributed by atoms with Gasteiger partial charge in [-0.2, -0.15) is 5.26 Å². The number of anilines is 1. The molecule has 7 heteroatoms. The highest BCUT2D eigenvalue weighted by atomic mass is 15.2. The predicted molar refractivity (Wildman–Crippen MR) is 121 cm³/mol. The minimum Gasteiger partial charge on any atom is -0.356 e. The van der Waals surface area contributed by atoms with Gasteiger partial charge in [-0.25, -0.2) is 15.0 Å². The Kier molecular flexibility index (Phi) is 4.91. The first-order valence-corrected chi connectivity index (χ1v) is 10.8. The van der Waals surface area contributed by atoms with Crippen molar-refractivity contribution in [3.05, 3.63) is 59.4 Å². The lowest BCUT2D eigenvalue weighted by Crippen LogP contribution is -2.34. The number of benzene rings is 1. The van der Waals surface area contributed by atoms with Gasteiger partial charge in [-0.1, -0.05) is 19.1 Å². The van der Waals surface area contributed by atoms with Crippen LogP contribution in [0.25, 0.3) is 22.3 Å². The molecule has 0 amide bonds. The van der Waals surface area contributed by atoms with Gasteiger partial charge in [0.15, 0.2) is 0 Å². The lowest BCUT2D eigenvalue weighted by molar-refractivity contribution is 0.486. The fraction of sp³-hybridized carbons (Fsp3) is 0.333. The number of rotatable bonds is 4. The molecule has 0 unspecified atom stereocenters. The van der Waals surface area contributed by atoms with Gasteiger partial charge >= 0.3 is 0 Å². The first kappa shape index (κ1) is 19.3. The number of imidazole rings is 1. The minimum atomic E-state index is 0.466. The van der Waals surface area contributed by atoms with E-state index in [2.05, 4.69) is 50.8 Å². The maximum absolute atomic E-state index is 9.03. The van der Waals surface area contributed by atoms with E-state index in [1.807, 2.05) is 24.3 Å². The smallest absolute Gasteiger partial charge is 0.143 e. The number of aromatic nitrogens is 5. The largest absolute Gasteiger partial charge is 0.356 e. The van der Waals surface area contributed by atoms with Gasteiger partial charge in [0.05, 0.1) is 22.7 Å². The Morgan fingerprint density at radius 3 is 2.58 bits per heavy atom. The van der Waals surface area contributed by atoms with Crippen molar-refractivity contribution >= 4 is 16.9 Å². The van der Waals surface area contributed by atoms with Crippen molar-refractivity contribution in [2.45, 2.75) is 39.0 Å². The van der Waals surface area contributed by atoms with Gasteiger partial charge in [-0.15, -0.1) is 0 Å². The van der Waals surface area contributed by atoms with Crippen LogP contribution in [0.1, 0.15) is 48.5 Å². The molecule has 3 aromatic heterocycles. The van der Waals surface area contributed by atoms with E-state index >= 15 is 0 Å². The Bertz CT molecular complexity index is 1250. The average Bonchev–Trinajstić information content (AvgIpc) is 3.42. The SMILES string of the molecule is CCc1[nH]c(C2CCN(c3ncnc4[nH]c(-c5ccc(C#N)cc5)cc34)CC2)nc1C. The van der Waals surface area contributed by atoms with E-state index in [0.29, 0.717) is 11.5 Å². The summed E-state index contributed by atoms with van der Waals surface area (Å²) in [5, 5.41) is 10.1. The van der Waals surface area contributed by atoms with E-state index < -0.39 is 0 Å². The molecule has 1 fully saturated rings. The van der Waals surface area contributed by atoms with E-state index in [0.717, 1.165) is 72.0 Å². The zero-order chi connectivity index (χ0) is 21.4. The molecular weight excluding hydrogens is 386 g/mol. The van der Waals surface area contributed by atoms with Gasteiger partial charge in [0, 0.05) is 30.4 Å². The van der Waals surface area contributed by atoms with Crippen LogP contribution in [0.3, 0.4) is 0 Å². The second kappa shape index (κ2) is 7.88. The number of hydrogen-bond donors (Lipinski definition) is 2. The summed E-state index contributed by atoms with van der Waals surface area (Å²) in [6.45, 7) is 6.13. The third-order valence-corrected chi connectivity index (χ3v) is 6.27. The third kappa shape index (κ3) is 3.55. The molecular formula is C24H25N7. The highest BCUT2D eigenvalue weighted by Crippen LogP contribution is 2.33. The lowest BCUT2D eigenvalue weighted by Gasteiger charge is -2.32. The highest BCUT2D eigenvalue weighted by Gasteiger charge is 2.25. The molecule has 5 rings (SSSR count). The molecule has 2 N–H and O–H groups in total. The normalized spacial score (nSPS) is 14.8. The molecule has 156 valence electrons. The molecule has 1 aliphatic rings. The highest BCUT2D eigenvalue weighted by molar-refractivity contribution is 5.92. The average molecular weight is 412 g/mol. The zero-order valence-corrected chi connectivity index (χ0v) is 17.8. The molecule has 0 aliphatic carbocycles. The van der Waals surface area contributed by atoms with Crippen molar-refractivity contribution in [2.24, 2.45) is 0 Å². The molecule has 1 saturated heterocycles. The van der Waals surface area contributed by atoms with Crippen LogP contribution in [0, 0.1) is 18.3 Å². The van der Waals surface area contributed by atoms with E-state index in [-0.39, 0.29) is 0 Å². The Hall–Kier alpha value is -3.66. The van der Waals surface area contributed by atoms with E-state index in [1.54, 1.807) is 6.33 Å². The Morgan fingerprint density at radius 1 is 1.13 bits per heavy atom. The molecule has 0 bridgehead atoms. The number of fused-ring (bicyclic) bond motifs is 1. The van der Waals surface area contributed by atoms with Gasteiger partial charge in [0.1, 0.15) is 23.6 Å². The number of aryl methyl sites for hydroxylation is 2. The molecule has 0 saturated carbocycles. The Balaban J connectivity index is 1.38. The van der Waals surface area contributed by atoms with Crippen LogP contribution < -0.4 is 4.90 Å². The van der Waals surface area contributed by atoms with Gasteiger partial charge < -0.3 is 14.9 Å². The maximum Gasteiger partial charge on any atom is 0.143 e. The van der Waals surface area contributed by atoms with Gasteiger partial charge in [-0.3, -0.25) is 0 Å². The number of aromatic amines is 2. The molecule has 1 aliphatic heterocycles. The fourth-order valence-corrected chi connectivity index (χ4v) is 4.48. The summed E-state index contributed by atoms with van der Waals surface area (Å²) in [5.41, 5.74) is 5.87. The number of piperidine rings is 1. The zero-order valence-electron chi connectivity index (χ0n) is 17.8. The maximum atomic E-state index is 9.03. The van der Waals surface area contributed by atoms with Gasteiger partial charge in [0.2, 0.25) is 0 Å². The van der Waals surface area contributed by atoms with Crippen LogP contribution in [-0.2, 0) is 6.42 Å². The molecule has 0 spiro atoms. The van der Waals surface area contributed by atoms with Gasteiger partial charge in [-0.05, 0) is 49.9 Å². The monoisotopic (exact) mass is 411 g/mol. The number of nitrogens with zero attached hydrogens (tertiary/aromatic N) is 5. The topological polar surface area (TPSA) is 97.3 Å². The summed E-state index contributed by atoms with van der Waals surface area (Å²) in [6, 6.07) is 11.8. The van der Waals surface area contributed by atoms with E-state index in [4.69, 9.17) is 10.2 Å². The van der Waals surface area contributed by atoms with E-state index in [1.165, 1.54) is 5.69 Å². The van der Waals surface area contributed by atoms with Crippen LogP contribution in [-0.4, -0.2) is 38.0 Å². The predicted octanol–water partition coefficient (Wildman–Crippen LogP) is 4.47. The minimum absolute atomic E-state index is 0.466. The van der Waals surface area contributed by atoms with Gasteiger partial charge in [0.25, 0.3) is 0 Å². The molecule has 1 aromatic carbocycles. The van der Waals surface area contributed by atoms with Crippen LogP contribution in [0.5, 0.6) is 0 Å². The second-order valence-corrected chi connectivity index (χ2v) is 8.13. The molecule has 0 atom stereocenters. The Morgan fingerprint density at radius 2 is 1.90 bits per heavy atom. The van der Waals surface area contributed by atoms with Crippen molar-refractivity contribution in [3.8, 4) is 17.3 Å². The number of hydrogen-bond acceptors (Lipinski definition) is 5. The van der Waals surface area contributed by atoms with Crippen LogP contribution in [0.4, 0.5) is 5.82 Å². The first-order chi connectivity index (χ1) is 15.2. The molecule has 31 heavy (non-hydrogen) atoms.